The van der Waals surface area contributed by atoms with E-state index in [9.17, 15) is 9.59 Å². The van der Waals surface area contributed by atoms with Crippen LogP contribution >= 0.6 is 11.3 Å². The minimum absolute atomic E-state index is 0.115. The lowest BCUT2D eigenvalue weighted by Crippen LogP contribution is -2.49. The number of hydrogen-bond donors (Lipinski definition) is 0. The fourth-order valence-electron chi connectivity index (χ4n) is 3.72. The predicted octanol–water partition coefficient (Wildman–Crippen LogP) is 3.00. The quantitative estimate of drug-likeness (QED) is 0.850. The Morgan fingerprint density at radius 2 is 2.17 bits per heavy atom. The highest BCUT2D eigenvalue weighted by Gasteiger charge is 2.50. The van der Waals surface area contributed by atoms with Gasteiger partial charge in [0.2, 0.25) is 5.91 Å². The second-order valence-corrected chi connectivity index (χ2v) is 7.06. The molecular weight excluding hydrogens is 312 g/mol. The number of anilines is 1. The van der Waals surface area contributed by atoms with Crippen molar-refractivity contribution in [3.63, 3.8) is 0 Å². The van der Waals surface area contributed by atoms with Crippen LogP contribution < -0.4 is 4.90 Å². The van der Waals surface area contributed by atoms with Crippen molar-refractivity contribution in [1.82, 2.24) is 4.90 Å². The van der Waals surface area contributed by atoms with Gasteiger partial charge in [-0.3, -0.25) is 9.59 Å². The highest BCUT2D eigenvalue weighted by Crippen LogP contribution is 2.42. The van der Waals surface area contributed by atoms with Crippen LogP contribution in [0.1, 0.15) is 29.8 Å². The predicted molar refractivity (Wildman–Crippen MR) is 87.6 cm³/mol. The third-order valence-corrected chi connectivity index (χ3v) is 5.60. The molecule has 0 radical (unpaired) electrons. The van der Waals surface area contributed by atoms with E-state index in [0.29, 0.717) is 18.8 Å². The zero-order valence-electron chi connectivity index (χ0n) is 12.7. The fraction of sp³-hybridized carbons (Fsp3) is 0.412. The molecule has 1 spiro atoms. The van der Waals surface area contributed by atoms with Gasteiger partial charge in [0.1, 0.15) is 0 Å². The van der Waals surface area contributed by atoms with Crippen LogP contribution in [0.2, 0.25) is 0 Å². The molecule has 1 unspecified atom stereocenters. The van der Waals surface area contributed by atoms with Crippen molar-refractivity contribution in [2.45, 2.75) is 19.3 Å². The zero-order chi connectivity index (χ0) is 15.9. The molecule has 0 aromatic carbocycles. The third-order valence-electron chi connectivity index (χ3n) is 4.93. The number of hydrogen-bond acceptors (Lipinski definition) is 4. The number of amides is 2. The lowest BCUT2D eigenvalue weighted by Gasteiger charge is -2.38. The molecule has 23 heavy (non-hydrogen) atoms. The minimum atomic E-state index is -0.428. The van der Waals surface area contributed by atoms with Crippen molar-refractivity contribution in [2.24, 2.45) is 5.41 Å². The van der Waals surface area contributed by atoms with Crippen LogP contribution in [0.4, 0.5) is 5.69 Å². The maximum absolute atomic E-state index is 13.0. The summed E-state index contributed by atoms with van der Waals surface area (Å²) in [5.74, 6) is 0.394. The molecule has 2 saturated heterocycles. The van der Waals surface area contributed by atoms with Gasteiger partial charge in [-0.15, -0.1) is 0 Å². The molecule has 120 valence electrons. The number of likely N-dealkylation sites (tertiary alicyclic amines) is 1. The normalized spacial score (nSPS) is 24.6. The smallest absolute Gasteiger partial charge is 0.289 e. The number of furan rings is 1. The molecule has 0 N–H and O–H groups in total. The number of piperidine rings is 1. The molecule has 6 heteroatoms. The Bertz CT molecular complexity index is 710. The summed E-state index contributed by atoms with van der Waals surface area (Å²) >= 11 is 1.60. The van der Waals surface area contributed by atoms with Gasteiger partial charge < -0.3 is 14.2 Å². The van der Waals surface area contributed by atoms with E-state index >= 15 is 0 Å². The highest BCUT2D eigenvalue weighted by atomic mass is 32.1. The van der Waals surface area contributed by atoms with Crippen molar-refractivity contribution < 1.29 is 14.0 Å². The van der Waals surface area contributed by atoms with E-state index in [1.807, 2.05) is 21.7 Å². The summed E-state index contributed by atoms with van der Waals surface area (Å²) in [5.41, 5.74) is 0.550. The maximum atomic E-state index is 13.0. The lowest BCUT2D eigenvalue weighted by molar-refractivity contribution is -0.127. The van der Waals surface area contributed by atoms with E-state index in [1.165, 1.54) is 6.26 Å². The third kappa shape index (κ3) is 2.37. The van der Waals surface area contributed by atoms with E-state index < -0.39 is 5.41 Å². The molecule has 2 aliphatic heterocycles. The van der Waals surface area contributed by atoms with Gasteiger partial charge in [0.05, 0.1) is 17.4 Å². The van der Waals surface area contributed by atoms with E-state index in [0.717, 1.165) is 31.5 Å². The molecular formula is C17H18N2O3S. The first-order valence-electron chi connectivity index (χ1n) is 7.87. The largest absolute Gasteiger partial charge is 0.459 e. The Morgan fingerprint density at radius 1 is 1.26 bits per heavy atom. The van der Waals surface area contributed by atoms with Crippen LogP contribution in [0.3, 0.4) is 0 Å². The monoisotopic (exact) mass is 330 g/mol. The Balaban J connectivity index is 1.55. The number of carbonyl (C=O) groups excluding carboxylic acids is 2. The van der Waals surface area contributed by atoms with Gasteiger partial charge in [0.25, 0.3) is 5.91 Å². The average Bonchev–Trinajstić information content (AvgIpc) is 3.31. The molecule has 2 aliphatic rings. The van der Waals surface area contributed by atoms with Crippen LogP contribution in [-0.2, 0) is 4.79 Å². The summed E-state index contributed by atoms with van der Waals surface area (Å²) in [5, 5.41) is 3.99. The van der Waals surface area contributed by atoms with E-state index in [-0.39, 0.29) is 11.8 Å². The molecule has 0 bridgehead atoms. The first kappa shape index (κ1) is 14.5. The minimum Gasteiger partial charge on any atom is -0.459 e. The summed E-state index contributed by atoms with van der Waals surface area (Å²) < 4.78 is 5.22. The number of nitrogens with zero attached hydrogens (tertiary/aromatic N) is 2. The van der Waals surface area contributed by atoms with Crippen LogP contribution in [0.15, 0.2) is 39.6 Å². The van der Waals surface area contributed by atoms with Gasteiger partial charge in [-0.1, -0.05) is 0 Å². The van der Waals surface area contributed by atoms with E-state index in [2.05, 4.69) is 0 Å². The summed E-state index contributed by atoms with van der Waals surface area (Å²) in [4.78, 5) is 29.2. The summed E-state index contributed by atoms with van der Waals surface area (Å²) in [6.07, 6.45) is 4.03. The first-order valence-corrected chi connectivity index (χ1v) is 8.81. The van der Waals surface area contributed by atoms with Crippen LogP contribution in [0.5, 0.6) is 0 Å². The molecule has 4 rings (SSSR count). The Morgan fingerprint density at radius 3 is 2.91 bits per heavy atom. The van der Waals surface area contributed by atoms with Crippen LogP contribution in [-0.4, -0.2) is 36.3 Å². The summed E-state index contributed by atoms with van der Waals surface area (Å²) in [6.45, 7) is 1.91. The second kappa shape index (κ2) is 5.53. The van der Waals surface area contributed by atoms with Gasteiger partial charge in [-0.25, -0.2) is 0 Å². The maximum Gasteiger partial charge on any atom is 0.289 e. The Hall–Kier alpha value is -2.08. The number of thiophene rings is 1. The average molecular weight is 330 g/mol. The van der Waals surface area contributed by atoms with Crippen molar-refractivity contribution in [3.8, 4) is 0 Å². The summed E-state index contributed by atoms with van der Waals surface area (Å²) in [7, 11) is 0. The molecule has 0 saturated carbocycles. The van der Waals surface area contributed by atoms with E-state index in [1.54, 1.807) is 28.4 Å². The Kier molecular flexibility index (Phi) is 3.49. The van der Waals surface area contributed by atoms with Crippen LogP contribution in [0.25, 0.3) is 0 Å². The molecule has 5 nitrogen and oxygen atoms in total. The van der Waals surface area contributed by atoms with Crippen molar-refractivity contribution >= 4 is 28.8 Å². The van der Waals surface area contributed by atoms with Gasteiger partial charge in [-0.2, -0.15) is 11.3 Å². The van der Waals surface area contributed by atoms with E-state index in [4.69, 9.17) is 4.42 Å². The SMILES string of the molecule is O=C(c1ccco1)N1CCCC2(CCN(c3ccsc3)C2=O)C1. The van der Waals surface area contributed by atoms with Crippen molar-refractivity contribution in [2.75, 3.05) is 24.5 Å². The zero-order valence-corrected chi connectivity index (χ0v) is 13.6. The van der Waals surface area contributed by atoms with Crippen LogP contribution in [0, 0.1) is 5.41 Å². The van der Waals surface area contributed by atoms with Gasteiger partial charge in [0.15, 0.2) is 5.76 Å². The fourth-order valence-corrected chi connectivity index (χ4v) is 4.36. The number of rotatable bonds is 2. The molecule has 2 fully saturated rings. The molecule has 2 aromatic rings. The molecule has 0 aliphatic carbocycles. The second-order valence-electron chi connectivity index (χ2n) is 6.28. The lowest BCUT2D eigenvalue weighted by atomic mass is 9.78. The van der Waals surface area contributed by atoms with Gasteiger partial charge >= 0.3 is 0 Å². The molecule has 4 heterocycles. The first-order chi connectivity index (χ1) is 11.2. The Labute approximate surface area is 138 Å². The number of carbonyl (C=O) groups is 2. The molecule has 2 amide bonds. The standard InChI is InChI=1S/C17H18N2O3S/c20-15(14-3-1-9-22-14)18-7-2-5-17(12-18)6-8-19(16(17)21)13-4-10-23-11-13/h1,3-4,9-11H,2,5-8,12H2. The molecule has 2 aromatic heterocycles. The highest BCUT2D eigenvalue weighted by molar-refractivity contribution is 7.08. The topological polar surface area (TPSA) is 53.8 Å². The molecule has 1 atom stereocenters. The summed E-state index contributed by atoms with van der Waals surface area (Å²) in [6, 6.07) is 5.37. The van der Waals surface area contributed by atoms with Crippen molar-refractivity contribution in [1.29, 1.82) is 0 Å². The van der Waals surface area contributed by atoms with Gasteiger partial charge in [0, 0.05) is 25.0 Å². The van der Waals surface area contributed by atoms with Crippen molar-refractivity contribution in [3.05, 3.63) is 41.0 Å². The van der Waals surface area contributed by atoms with Gasteiger partial charge in [-0.05, 0) is 42.8 Å².